The SMILES string of the molecule is COc1ncccc1-c1ccnc(OC(F)F)c1. The predicted molar refractivity (Wildman–Crippen MR) is 60.7 cm³/mol. The molecule has 0 aliphatic carbocycles. The number of methoxy groups -OCH3 is 1. The van der Waals surface area contributed by atoms with Crippen LogP contribution in [0.1, 0.15) is 0 Å². The van der Waals surface area contributed by atoms with Crippen LogP contribution in [-0.4, -0.2) is 23.7 Å². The van der Waals surface area contributed by atoms with Crippen molar-refractivity contribution in [3.63, 3.8) is 0 Å². The first-order chi connectivity index (χ1) is 8.70. The first-order valence-corrected chi connectivity index (χ1v) is 5.11. The topological polar surface area (TPSA) is 44.2 Å². The van der Waals surface area contributed by atoms with Crippen molar-refractivity contribution in [1.82, 2.24) is 9.97 Å². The van der Waals surface area contributed by atoms with Crippen molar-refractivity contribution in [1.29, 1.82) is 0 Å². The van der Waals surface area contributed by atoms with Crippen LogP contribution in [0.15, 0.2) is 36.7 Å². The Labute approximate surface area is 102 Å². The van der Waals surface area contributed by atoms with Crippen LogP contribution in [-0.2, 0) is 0 Å². The number of hydrogen-bond acceptors (Lipinski definition) is 4. The van der Waals surface area contributed by atoms with Crippen molar-refractivity contribution in [2.45, 2.75) is 6.61 Å². The zero-order chi connectivity index (χ0) is 13.0. The maximum absolute atomic E-state index is 12.1. The molecule has 0 bridgehead atoms. The van der Waals surface area contributed by atoms with Crippen molar-refractivity contribution in [3.05, 3.63) is 36.7 Å². The summed E-state index contributed by atoms with van der Waals surface area (Å²) in [4.78, 5) is 7.73. The summed E-state index contributed by atoms with van der Waals surface area (Å²) in [5, 5.41) is 0. The Bertz CT molecular complexity index is 535. The molecule has 0 aromatic carbocycles. The van der Waals surface area contributed by atoms with Crippen LogP contribution < -0.4 is 9.47 Å². The Morgan fingerprint density at radius 1 is 1.17 bits per heavy atom. The summed E-state index contributed by atoms with van der Waals surface area (Å²) < 4.78 is 33.5. The van der Waals surface area contributed by atoms with E-state index in [2.05, 4.69) is 14.7 Å². The van der Waals surface area contributed by atoms with E-state index in [0.29, 0.717) is 17.0 Å². The van der Waals surface area contributed by atoms with Gasteiger partial charge in [-0.2, -0.15) is 8.78 Å². The highest BCUT2D eigenvalue weighted by Crippen LogP contribution is 2.29. The Balaban J connectivity index is 2.38. The van der Waals surface area contributed by atoms with Crippen molar-refractivity contribution >= 4 is 0 Å². The molecule has 2 heterocycles. The highest BCUT2D eigenvalue weighted by Gasteiger charge is 2.10. The number of nitrogens with zero attached hydrogens (tertiary/aromatic N) is 2. The largest absolute Gasteiger partial charge is 0.481 e. The lowest BCUT2D eigenvalue weighted by Crippen LogP contribution is -2.03. The zero-order valence-corrected chi connectivity index (χ0v) is 9.51. The fourth-order valence-electron chi connectivity index (χ4n) is 1.51. The zero-order valence-electron chi connectivity index (χ0n) is 9.51. The first kappa shape index (κ1) is 12.2. The van der Waals surface area contributed by atoms with E-state index in [4.69, 9.17) is 4.74 Å². The van der Waals surface area contributed by atoms with E-state index in [9.17, 15) is 8.78 Å². The van der Waals surface area contributed by atoms with E-state index >= 15 is 0 Å². The maximum Gasteiger partial charge on any atom is 0.388 e. The van der Waals surface area contributed by atoms with Gasteiger partial charge in [0.15, 0.2) is 0 Å². The molecule has 0 N–H and O–H groups in total. The van der Waals surface area contributed by atoms with Gasteiger partial charge in [-0.05, 0) is 23.8 Å². The van der Waals surface area contributed by atoms with Crippen molar-refractivity contribution < 1.29 is 18.3 Å². The summed E-state index contributed by atoms with van der Waals surface area (Å²) >= 11 is 0. The number of halogens is 2. The van der Waals surface area contributed by atoms with Crippen molar-refractivity contribution in [2.24, 2.45) is 0 Å². The molecule has 6 heteroatoms. The molecule has 0 saturated carbocycles. The second-order valence-electron chi connectivity index (χ2n) is 3.32. The van der Waals surface area contributed by atoms with Crippen LogP contribution in [0.5, 0.6) is 11.8 Å². The molecule has 4 nitrogen and oxygen atoms in total. The third kappa shape index (κ3) is 2.71. The number of ether oxygens (including phenoxy) is 2. The number of rotatable bonds is 4. The summed E-state index contributed by atoms with van der Waals surface area (Å²) in [7, 11) is 1.49. The molecule has 0 saturated heterocycles. The lowest BCUT2D eigenvalue weighted by molar-refractivity contribution is -0.0528. The molecule has 0 unspecified atom stereocenters. The minimum absolute atomic E-state index is 0.145. The molecular weight excluding hydrogens is 242 g/mol. The first-order valence-electron chi connectivity index (χ1n) is 5.11. The molecule has 18 heavy (non-hydrogen) atoms. The summed E-state index contributed by atoms with van der Waals surface area (Å²) in [6.45, 7) is -2.90. The molecule has 0 aliphatic heterocycles. The Kier molecular flexibility index (Phi) is 3.66. The molecule has 2 rings (SSSR count). The minimum Gasteiger partial charge on any atom is -0.481 e. The number of hydrogen-bond donors (Lipinski definition) is 0. The lowest BCUT2D eigenvalue weighted by Gasteiger charge is -2.08. The molecule has 2 aromatic heterocycles. The van der Waals surface area contributed by atoms with Crippen LogP contribution in [0.2, 0.25) is 0 Å². The molecule has 2 aromatic rings. The van der Waals surface area contributed by atoms with Gasteiger partial charge in [-0.15, -0.1) is 0 Å². The molecule has 0 aliphatic rings. The van der Waals surface area contributed by atoms with Gasteiger partial charge in [-0.3, -0.25) is 0 Å². The van der Waals surface area contributed by atoms with Crippen LogP contribution in [0.4, 0.5) is 8.78 Å². The number of aromatic nitrogens is 2. The van der Waals surface area contributed by atoms with Crippen LogP contribution in [0.25, 0.3) is 11.1 Å². The quantitative estimate of drug-likeness (QED) is 0.839. The van der Waals surface area contributed by atoms with Crippen LogP contribution in [0, 0.1) is 0 Å². The minimum atomic E-state index is -2.90. The molecular formula is C12H10F2N2O2. The summed E-state index contributed by atoms with van der Waals surface area (Å²) in [6.07, 6.45) is 2.97. The Morgan fingerprint density at radius 3 is 2.72 bits per heavy atom. The third-order valence-corrected chi connectivity index (χ3v) is 2.22. The molecule has 0 fully saturated rings. The summed E-state index contributed by atoms with van der Waals surface area (Å²) in [5.74, 6) is 0.264. The van der Waals surface area contributed by atoms with E-state index in [1.807, 2.05) is 0 Å². The van der Waals surface area contributed by atoms with Gasteiger partial charge in [-0.25, -0.2) is 9.97 Å². The lowest BCUT2D eigenvalue weighted by atomic mass is 10.1. The fraction of sp³-hybridized carbons (Fsp3) is 0.167. The Morgan fingerprint density at radius 2 is 2.00 bits per heavy atom. The second kappa shape index (κ2) is 5.39. The molecule has 0 radical (unpaired) electrons. The standard InChI is InChI=1S/C12H10F2N2O2/c1-17-11-9(3-2-5-16-11)8-4-6-15-10(7-8)18-12(13)14/h2-7,12H,1H3. The Hall–Kier alpha value is -2.24. The maximum atomic E-state index is 12.1. The van der Waals surface area contributed by atoms with E-state index in [0.717, 1.165) is 0 Å². The highest BCUT2D eigenvalue weighted by molar-refractivity contribution is 5.68. The number of pyridine rings is 2. The van der Waals surface area contributed by atoms with Crippen LogP contribution in [0.3, 0.4) is 0 Å². The van der Waals surface area contributed by atoms with E-state index in [1.165, 1.54) is 19.4 Å². The average molecular weight is 252 g/mol. The van der Waals surface area contributed by atoms with E-state index in [-0.39, 0.29) is 5.88 Å². The normalized spacial score (nSPS) is 10.4. The number of alkyl halides is 2. The van der Waals surface area contributed by atoms with Crippen molar-refractivity contribution in [2.75, 3.05) is 7.11 Å². The smallest absolute Gasteiger partial charge is 0.388 e. The monoisotopic (exact) mass is 252 g/mol. The van der Waals surface area contributed by atoms with Gasteiger partial charge in [0, 0.05) is 24.0 Å². The van der Waals surface area contributed by atoms with Gasteiger partial charge in [0.2, 0.25) is 11.8 Å². The van der Waals surface area contributed by atoms with Crippen molar-refractivity contribution in [3.8, 4) is 22.9 Å². The van der Waals surface area contributed by atoms with Gasteiger partial charge >= 0.3 is 6.61 Å². The van der Waals surface area contributed by atoms with E-state index in [1.54, 1.807) is 24.4 Å². The van der Waals surface area contributed by atoms with E-state index < -0.39 is 6.61 Å². The van der Waals surface area contributed by atoms with Gasteiger partial charge in [0.1, 0.15) is 0 Å². The third-order valence-electron chi connectivity index (χ3n) is 2.22. The molecule has 0 amide bonds. The average Bonchev–Trinajstić information content (AvgIpc) is 2.38. The molecule has 0 spiro atoms. The fourth-order valence-corrected chi connectivity index (χ4v) is 1.51. The highest BCUT2D eigenvalue weighted by atomic mass is 19.3. The second-order valence-corrected chi connectivity index (χ2v) is 3.32. The molecule has 0 atom stereocenters. The summed E-state index contributed by atoms with van der Waals surface area (Å²) in [5.41, 5.74) is 1.33. The molecule has 94 valence electrons. The van der Waals surface area contributed by atoms with Gasteiger partial charge in [0.05, 0.1) is 7.11 Å². The summed E-state index contributed by atoms with van der Waals surface area (Å²) in [6, 6.07) is 6.57. The van der Waals surface area contributed by atoms with Gasteiger partial charge in [0.25, 0.3) is 0 Å². The predicted octanol–water partition coefficient (Wildman–Crippen LogP) is 2.75. The van der Waals surface area contributed by atoms with Gasteiger partial charge in [-0.1, -0.05) is 0 Å². The van der Waals surface area contributed by atoms with Gasteiger partial charge < -0.3 is 9.47 Å². The van der Waals surface area contributed by atoms with Crippen LogP contribution >= 0.6 is 0 Å².